The Balaban J connectivity index is 1.27. The molecule has 3 fully saturated rings. The lowest BCUT2D eigenvalue weighted by molar-refractivity contribution is -0.145. The van der Waals surface area contributed by atoms with Crippen molar-refractivity contribution in [1.82, 2.24) is 14.7 Å². The van der Waals surface area contributed by atoms with Crippen LogP contribution >= 0.6 is 23.2 Å². The Morgan fingerprint density at radius 2 is 1.55 bits per heavy atom. The van der Waals surface area contributed by atoms with Crippen LogP contribution in [0, 0.1) is 17.7 Å². The first-order valence-electron chi connectivity index (χ1n) is 13.5. The fourth-order valence-electron chi connectivity index (χ4n) is 5.85. The highest BCUT2D eigenvalue weighted by atomic mass is 35.5. The zero-order valence-corrected chi connectivity index (χ0v) is 23.6. The summed E-state index contributed by atoms with van der Waals surface area (Å²) >= 11 is 12.4. The van der Waals surface area contributed by atoms with Gasteiger partial charge in [-0.05, 0) is 67.6 Å². The van der Waals surface area contributed by atoms with Gasteiger partial charge in [0.05, 0.1) is 16.1 Å². The van der Waals surface area contributed by atoms with E-state index in [1.54, 1.807) is 29.0 Å². The van der Waals surface area contributed by atoms with Crippen molar-refractivity contribution in [2.75, 3.05) is 33.2 Å². The number of likely N-dealkylation sites (N-methyl/N-ethyl adjacent to an activating group) is 1. The van der Waals surface area contributed by atoms with Gasteiger partial charge in [-0.1, -0.05) is 29.3 Å². The molecule has 40 heavy (non-hydrogen) atoms. The summed E-state index contributed by atoms with van der Waals surface area (Å²) in [6.07, 6.45) is 0.148. The van der Waals surface area contributed by atoms with Crippen molar-refractivity contribution in [3.63, 3.8) is 0 Å². The summed E-state index contributed by atoms with van der Waals surface area (Å²) in [4.78, 5) is 44.3. The third kappa shape index (κ3) is 6.05. The van der Waals surface area contributed by atoms with Crippen molar-refractivity contribution in [2.24, 2.45) is 11.8 Å². The molecule has 1 aliphatic carbocycles. The summed E-state index contributed by atoms with van der Waals surface area (Å²) in [5.74, 6) is -0.999. The second-order valence-electron chi connectivity index (χ2n) is 10.9. The third-order valence-corrected chi connectivity index (χ3v) is 9.10. The van der Waals surface area contributed by atoms with Gasteiger partial charge in [0.2, 0.25) is 11.8 Å². The second kappa shape index (κ2) is 11.9. The number of ether oxygens (including phenoxy) is 1. The number of piperidine rings is 1. The second-order valence-corrected chi connectivity index (χ2v) is 11.7. The highest BCUT2D eigenvalue weighted by Gasteiger charge is 2.43. The minimum Gasteiger partial charge on any atom is -0.410 e. The Labute approximate surface area is 241 Å². The first-order valence-corrected chi connectivity index (χ1v) is 14.2. The van der Waals surface area contributed by atoms with E-state index in [1.165, 1.54) is 29.2 Å². The predicted octanol–water partition coefficient (Wildman–Crippen LogP) is 5.54. The van der Waals surface area contributed by atoms with Gasteiger partial charge in [-0.25, -0.2) is 13.6 Å². The molecule has 2 heterocycles. The van der Waals surface area contributed by atoms with E-state index in [0.29, 0.717) is 55.4 Å². The molecule has 3 amide bonds. The number of carbonyl (C=O) groups is 3. The van der Waals surface area contributed by atoms with E-state index in [1.807, 2.05) is 6.07 Å². The number of alkyl halides is 1. The van der Waals surface area contributed by atoms with Crippen LogP contribution in [0.25, 0.3) is 0 Å². The molecule has 2 atom stereocenters. The number of halogens is 4. The Kier molecular flexibility index (Phi) is 8.52. The molecule has 0 bridgehead atoms. The minimum atomic E-state index is -0.884. The van der Waals surface area contributed by atoms with Gasteiger partial charge in [-0.3, -0.25) is 9.59 Å². The molecule has 1 saturated carbocycles. The standard InChI is InChI=1S/C29H31Cl2F2N3O4/c1-34(29(39)40-22-5-3-20(32)4-6-22)26-16-36(15-23(26)18-2-7-24(30)25(31)14-18)27(37)17-8-10-35(11-9-17)28(38)19-12-21(33)13-19/h2-7,14,17,19,21,23,26H,8-13,15-16H2,1H3/t19?,21?,23-,26+/m0/s1. The molecule has 0 spiro atoms. The molecule has 2 aliphatic heterocycles. The van der Waals surface area contributed by atoms with Crippen LogP contribution in [-0.2, 0) is 9.59 Å². The number of likely N-dealkylation sites (tertiary alicyclic amines) is 2. The molecule has 0 N–H and O–H groups in total. The number of rotatable bonds is 5. The lowest BCUT2D eigenvalue weighted by Gasteiger charge is -2.38. The molecule has 5 rings (SSSR count). The van der Waals surface area contributed by atoms with Gasteiger partial charge in [0, 0.05) is 51.0 Å². The van der Waals surface area contributed by atoms with Crippen LogP contribution in [-0.4, -0.2) is 78.0 Å². The highest BCUT2D eigenvalue weighted by molar-refractivity contribution is 6.42. The predicted molar refractivity (Wildman–Crippen MR) is 147 cm³/mol. The highest BCUT2D eigenvalue weighted by Crippen LogP contribution is 2.37. The summed E-state index contributed by atoms with van der Waals surface area (Å²) in [6, 6.07) is 10.0. The van der Waals surface area contributed by atoms with Crippen LogP contribution in [0.3, 0.4) is 0 Å². The Morgan fingerprint density at radius 3 is 2.17 bits per heavy atom. The van der Waals surface area contributed by atoms with Gasteiger partial charge >= 0.3 is 6.09 Å². The Hall–Kier alpha value is -2.91. The van der Waals surface area contributed by atoms with E-state index in [2.05, 4.69) is 0 Å². The molecule has 214 valence electrons. The molecular formula is C29H31Cl2F2N3O4. The average molecular weight is 594 g/mol. The minimum absolute atomic E-state index is 0.0120. The van der Waals surface area contributed by atoms with Crippen molar-refractivity contribution in [2.45, 2.75) is 43.8 Å². The van der Waals surface area contributed by atoms with Gasteiger partial charge in [0.25, 0.3) is 0 Å². The topological polar surface area (TPSA) is 70.2 Å². The van der Waals surface area contributed by atoms with Gasteiger partial charge in [-0.15, -0.1) is 0 Å². The third-order valence-electron chi connectivity index (χ3n) is 8.36. The largest absolute Gasteiger partial charge is 0.415 e. The molecule has 2 aromatic rings. The van der Waals surface area contributed by atoms with Crippen LogP contribution in [0.1, 0.15) is 37.2 Å². The lowest BCUT2D eigenvalue weighted by atomic mass is 9.82. The summed E-state index contributed by atoms with van der Waals surface area (Å²) in [5.41, 5.74) is 0.836. The number of hydrogen-bond acceptors (Lipinski definition) is 4. The summed E-state index contributed by atoms with van der Waals surface area (Å²) in [6.45, 7) is 1.60. The van der Waals surface area contributed by atoms with E-state index in [4.69, 9.17) is 27.9 Å². The van der Waals surface area contributed by atoms with Crippen LogP contribution in [0.2, 0.25) is 10.0 Å². The van der Waals surface area contributed by atoms with Crippen molar-refractivity contribution in [1.29, 1.82) is 0 Å². The molecule has 3 aliphatic rings. The first kappa shape index (κ1) is 28.6. The van der Waals surface area contributed by atoms with Gasteiger partial charge in [0.1, 0.15) is 17.7 Å². The molecule has 2 saturated heterocycles. The van der Waals surface area contributed by atoms with Gasteiger partial charge in [-0.2, -0.15) is 0 Å². The quantitative estimate of drug-likeness (QED) is 0.456. The van der Waals surface area contributed by atoms with Crippen molar-refractivity contribution in [3.8, 4) is 5.75 Å². The van der Waals surface area contributed by atoms with Crippen LogP contribution in [0.4, 0.5) is 13.6 Å². The molecular weight excluding hydrogens is 563 g/mol. The maximum atomic E-state index is 13.6. The van der Waals surface area contributed by atoms with Crippen LogP contribution in [0.15, 0.2) is 42.5 Å². The van der Waals surface area contributed by atoms with E-state index in [0.717, 1.165) is 5.56 Å². The lowest BCUT2D eigenvalue weighted by Crippen LogP contribution is -2.48. The summed E-state index contributed by atoms with van der Waals surface area (Å²) in [5, 5.41) is 0.782. The fraction of sp³-hybridized carbons (Fsp3) is 0.483. The normalized spacial score (nSPS) is 24.9. The molecule has 0 radical (unpaired) electrons. The summed E-state index contributed by atoms with van der Waals surface area (Å²) < 4.78 is 32.0. The molecule has 0 aromatic heterocycles. The number of carbonyl (C=O) groups excluding carboxylic acids is 3. The Bertz CT molecular complexity index is 1270. The smallest absolute Gasteiger partial charge is 0.410 e. The maximum absolute atomic E-state index is 13.6. The molecule has 0 unspecified atom stereocenters. The molecule has 7 nitrogen and oxygen atoms in total. The SMILES string of the molecule is CN(C(=O)Oc1ccc(F)cc1)[C@@H]1CN(C(=O)C2CCN(C(=O)C3CC(F)C3)CC2)C[C@H]1c1ccc(Cl)c(Cl)c1. The monoisotopic (exact) mass is 593 g/mol. The fourth-order valence-corrected chi connectivity index (χ4v) is 6.16. The number of hydrogen-bond donors (Lipinski definition) is 0. The molecule has 11 heteroatoms. The Morgan fingerprint density at radius 1 is 0.900 bits per heavy atom. The van der Waals surface area contributed by atoms with E-state index >= 15 is 0 Å². The van der Waals surface area contributed by atoms with Crippen LogP contribution < -0.4 is 4.74 Å². The first-order chi connectivity index (χ1) is 19.1. The zero-order valence-electron chi connectivity index (χ0n) is 22.1. The molecule has 2 aromatic carbocycles. The van der Waals surface area contributed by atoms with E-state index < -0.39 is 24.1 Å². The van der Waals surface area contributed by atoms with Gasteiger partial charge in [0.15, 0.2) is 0 Å². The number of benzene rings is 2. The number of nitrogens with zero attached hydrogens (tertiary/aromatic N) is 3. The van der Waals surface area contributed by atoms with Crippen LogP contribution in [0.5, 0.6) is 5.75 Å². The van der Waals surface area contributed by atoms with Crippen molar-refractivity contribution in [3.05, 3.63) is 63.9 Å². The number of amides is 3. The average Bonchev–Trinajstić information content (AvgIpc) is 3.38. The van der Waals surface area contributed by atoms with E-state index in [-0.39, 0.29) is 41.9 Å². The van der Waals surface area contributed by atoms with Crippen molar-refractivity contribution < 1.29 is 27.9 Å². The zero-order chi connectivity index (χ0) is 28.6. The van der Waals surface area contributed by atoms with Gasteiger partial charge < -0.3 is 19.4 Å². The van der Waals surface area contributed by atoms with Crippen molar-refractivity contribution >= 4 is 41.1 Å². The van der Waals surface area contributed by atoms with E-state index in [9.17, 15) is 23.2 Å². The maximum Gasteiger partial charge on any atom is 0.415 e. The summed E-state index contributed by atoms with van der Waals surface area (Å²) in [7, 11) is 1.61.